The van der Waals surface area contributed by atoms with E-state index in [1.54, 1.807) is 31.8 Å². The van der Waals surface area contributed by atoms with Gasteiger partial charge in [-0.2, -0.15) is 5.26 Å². The number of nitrogens with zero attached hydrogens (tertiary/aromatic N) is 4. The second kappa shape index (κ2) is 10.5. The van der Waals surface area contributed by atoms with Crippen LogP contribution in [-0.4, -0.2) is 9.13 Å². The van der Waals surface area contributed by atoms with Gasteiger partial charge in [-0.1, -0.05) is 84.9 Å². The van der Waals surface area contributed by atoms with Crippen molar-refractivity contribution >= 4 is 112 Å². The highest BCUT2D eigenvalue weighted by molar-refractivity contribution is 7.27. The lowest BCUT2D eigenvalue weighted by molar-refractivity contribution is 0.591. The standard InChI is InChI=1S/C44H20F2N4S2/c1-48-40-38(45)29(22-47)41(49-30-14-6-2-12-27(30)36-32(49)20-18-25-23-10-4-8-16-34(23)51-43(25)36)39(46)42(40)50-31-15-7-3-13-28(31)37-33(50)21-19-26-24-11-5-9-17-35(24)52-44(26)37/h2-21H. The first-order valence-electron chi connectivity index (χ1n) is 16.6. The van der Waals surface area contributed by atoms with Crippen molar-refractivity contribution in [1.82, 2.24) is 9.13 Å². The molecule has 0 spiro atoms. The number of aromatic nitrogens is 2. The van der Waals surface area contributed by atoms with Gasteiger partial charge in [0.25, 0.3) is 0 Å². The molecule has 11 rings (SSSR count). The molecule has 0 aliphatic heterocycles. The molecule has 4 nitrogen and oxygen atoms in total. The number of halogens is 2. The molecule has 7 aromatic carbocycles. The minimum atomic E-state index is -1.05. The van der Waals surface area contributed by atoms with E-state index < -0.39 is 22.9 Å². The summed E-state index contributed by atoms with van der Waals surface area (Å²) in [4.78, 5) is 3.58. The molecule has 0 aliphatic rings. The van der Waals surface area contributed by atoms with Crippen molar-refractivity contribution in [3.63, 3.8) is 0 Å². The zero-order valence-electron chi connectivity index (χ0n) is 26.9. The lowest BCUT2D eigenvalue weighted by Crippen LogP contribution is -2.09. The summed E-state index contributed by atoms with van der Waals surface area (Å²) in [6.45, 7) is 8.16. The van der Waals surface area contributed by atoms with Crippen molar-refractivity contribution in [2.75, 3.05) is 0 Å². The van der Waals surface area contributed by atoms with E-state index in [4.69, 9.17) is 6.57 Å². The first-order valence-corrected chi connectivity index (χ1v) is 18.2. The van der Waals surface area contributed by atoms with E-state index in [2.05, 4.69) is 29.1 Å². The van der Waals surface area contributed by atoms with E-state index in [-0.39, 0.29) is 11.4 Å². The predicted octanol–water partition coefficient (Wildman–Crippen LogP) is 13.3. The summed E-state index contributed by atoms with van der Waals surface area (Å²) in [5.74, 6) is -1.89. The highest BCUT2D eigenvalue weighted by Crippen LogP contribution is 2.48. The SMILES string of the molecule is [C-]#[N+]c1c(F)c(C#N)c(-n2c3ccccc3c3c4sc5ccccc5c4ccc32)c(F)c1-n1c2ccccc2c2c3sc4ccccc4c3ccc21. The zero-order valence-corrected chi connectivity index (χ0v) is 28.5. The van der Waals surface area contributed by atoms with Crippen molar-refractivity contribution in [2.45, 2.75) is 0 Å². The van der Waals surface area contributed by atoms with E-state index in [1.807, 2.05) is 103 Å². The Hall–Kier alpha value is -6.58. The molecule has 0 N–H and O–H groups in total. The zero-order chi connectivity index (χ0) is 34.8. The molecule has 8 heteroatoms. The summed E-state index contributed by atoms with van der Waals surface area (Å²) in [6, 6.07) is 41.5. The third kappa shape index (κ3) is 3.60. The van der Waals surface area contributed by atoms with Crippen molar-refractivity contribution in [3.8, 4) is 17.4 Å². The number of thiophene rings is 2. The first kappa shape index (κ1) is 29.2. The maximum atomic E-state index is 18.1. The summed E-state index contributed by atoms with van der Waals surface area (Å²) >= 11 is 3.31. The quantitative estimate of drug-likeness (QED) is 0.165. The van der Waals surface area contributed by atoms with Crippen LogP contribution in [0.2, 0.25) is 0 Å². The van der Waals surface area contributed by atoms with Gasteiger partial charge in [0.1, 0.15) is 17.3 Å². The number of rotatable bonds is 2. The van der Waals surface area contributed by atoms with Gasteiger partial charge in [-0.15, -0.1) is 22.7 Å². The van der Waals surface area contributed by atoms with Crippen LogP contribution in [0.25, 0.3) is 100 Å². The second-order valence-electron chi connectivity index (χ2n) is 12.8. The monoisotopic (exact) mass is 706 g/mol. The summed E-state index contributed by atoms with van der Waals surface area (Å²) in [7, 11) is 0. The van der Waals surface area contributed by atoms with Crippen LogP contribution in [0.15, 0.2) is 121 Å². The molecular weight excluding hydrogens is 687 g/mol. The van der Waals surface area contributed by atoms with Gasteiger partial charge in [0.15, 0.2) is 11.6 Å². The van der Waals surface area contributed by atoms with Gasteiger partial charge in [-0.3, -0.25) is 0 Å². The highest BCUT2D eigenvalue weighted by atomic mass is 32.1. The van der Waals surface area contributed by atoms with Crippen LogP contribution in [0.5, 0.6) is 0 Å². The molecule has 4 heterocycles. The summed E-state index contributed by atoms with van der Waals surface area (Å²) < 4.78 is 42.6. The number of fused-ring (bicyclic) bond motifs is 14. The molecule has 11 aromatic rings. The largest absolute Gasteiger partial charge is 0.316 e. The lowest BCUT2D eigenvalue weighted by atomic mass is 10.1. The molecule has 0 amide bonds. The van der Waals surface area contributed by atoms with Crippen molar-refractivity contribution in [2.24, 2.45) is 0 Å². The van der Waals surface area contributed by atoms with Gasteiger partial charge < -0.3 is 9.13 Å². The van der Waals surface area contributed by atoms with Crippen LogP contribution in [0.3, 0.4) is 0 Å². The number of para-hydroxylation sites is 2. The maximum Gasteiger partial charge on any atom is 0.249 e. The topological polar surface area (TPSA) is 38.0 Å². The van der Waals surface area contributed by atoms with Crippen LogP contribution >= 0.6 is 22.7 Å². The maximum absolute atomic E-state index is 18.1. The smallest absolute Gasteiger partial charge is 0.249 e. The Labute approximate surface area is 301 Å². The molecular formula is C44H20F2N4S2. The normalized spacial score (nSPS) is 12.0. The molecule has 0 atom stereocenters. The number of benzene rings is 7. The van der Waals surface area contributed by atoms with Crippen LogP contribution in [0.1, 0.15) is 5.56 Å². The Morgan fingerprint density at radius 1 is 0.519 bits per heavy atom. The Bertz CT molecular complexity index is 3250. The third-order valence-corrected chi connectivity index (χ3v) is 12.7. The van der Waals surface area contributed by atoms with Gasteiger partial charge in [0, 0.05) is 61.9 Å². The van der Waals surface area contributed by atoms with Gasteiger partial charge >= 0.3 is 0 Å². The molecule has 4 aromatic heterocycles. The van der Waals surface area contributed by atoms with Gasteiger partial charge in [-0.05, 0) is 36.4 Å². The van der Waals surface area contributed by atoms with Crippen LogP contribution in [-0.2, 0) is 0 Å². The Morgan fingerprint density at radius 3 is 1.48 bits per heavy atom. The van der Waals surface area contributed by atoms with E-state index in [9.17, 15) is 5.26 Å². The molecule has 0 aliphatic carbocycles. The average molecular weight is 707 g/mol. The summed E-state index contributed by atoms with van der Waals surface area (Å²) in [6.07, 6.45) is 0. The van der Waals surface area contributed by atoms with E-state index in [0.29, 0.717) is 22.1 Å². The van der Waals surface area contributed by atoms with Crippen LogP contribution in [0.4, 0.5) is 14.5 Å². The van der Waals surface area contributed by atoms with Crippen LogP contribution in [0, 0.1) is 29.5 Å². The summed E-state index contributed by atoms with van der Waals surface area (Å²) in [5, 5.41) is 18.5. The fourth-order valence-electron chi connectivity index (χ4n) is 8.22. The molecule has 0 saturated heterocycles. The molecule has 0 fully saturated rings. The van der Waals surface area contributed by atoms with E-state index in [1.165, 1.54) is 0 Å². The van der Waals surface area contributed by atoms with Gasteiger partial charge in [0.05, 0.1) is 34.3 Å². The number of hydrogen-bond acceptors (Lipinski definition) is 3. The highest BCUT2D eigenvalue weighted by Gasteiger charge is 2.31. The molecule has 52 heavy (non-hydrogen) atoms. The lowest BCUT2D eigenvalue weighted by Gasteiger charge is -2.19. The molecule has 0 unspecified atom stereocenters. The Kier molecular flexibility index (Phi) is 5.88. The van der Waals surface area contributed by atoms with Gasteiger partial charge in [0.2, 0.25) is 5.69 Å². The fraction of sp³-hybridized carbons (Fsp3) is 0. The van der Waals surface area contributed by atoms with Crippen LogP contribution < -0.4 is 0 Å². The van der Waals surface area contributed by atoms with E-state index >= 15 is 8.78 Å². The molecule has 0 bridgehead atoms. The number of hydrogen-bond donors (Lipinski definition) is 0. The molecule has 0 radical (unpaired) electrons. The summed E-state index contributed by atoms with van der Waals surface area (Å²) in [5.41, 5.74) is 1.07. The van der Waals surface area contributed by atoms with Crippen molar-refractivity contribution in [3.05, 3.63) is 150 Å². The second-order valence-corrected chi connectivity index (χ2v) is 15.0. The average Bonchev–Trinajstić information content (AvgIpc) is 3.93. The number of nitriles is 1. The fourth-order valence-corrected chi connectivity index (χ4v) is 10.7. The molecule has 0 saturated carbocycles. The van der Waals surface area contributed by atoms with Gasteiger partial charge in [-0.25, -0.2) is 13.6 Å². The minimum Gasteiger partial charge on any atom is -0.316 e. The Balaban J connectivity index is 1.32. The van der Waals surface area contributed by atoms with E-state index in [0.717, 1.165) is 61.9 Å². The van der Waals surface area contributed by atoms with Crippen molar-refractivity contribution in [1.29, 1.82) is 5.26 Å². The molecule has 242 valence electrons. The predicted molar refractivity (Wildman–Crippen MR) is 212 cm³/mol. The third-order valence-electron chi connectivity index (χ3n) is 10.3. The first-order chi connectivity index (χ1) is 25.6. The minimum absolute atomic E-state index is 0.220. The Morgan fingerprint density at radius 2 is 0.981 bits per heavy atom. The van der Waals surface area contributed by atoms with Crippen molar-refractivity contribution < 1.29 is 8.78 Å².